The summed E-state index contributed by atoms with van der Waals surface area (Å²) in [5.41, 5.74) is 2.67. The van der Waals surface area contributed by atoms with E-state index in [1.807, 2.05) is 33.8 Å². The molecular weight excluding hydrogens is 320 g/mol. The number of ether oxygens (including phenoxy) is 1. The highest BCUT2D eigenvalue weighted by Gasteiger charge is 2.36. The summed E-state index contributed by atoms with van der Waals surface area (Å²) in [6.07, 6.45) is 2.07. The second-order valence-corrected chi connectivity index (χ2v) is 8.34. The Morgan fingerprint density at radius 2 is 2.12 bits per heavy atom. The van der Waals surface area contributed by atoms with Crippen molar-refractivity contribution in [3.05, 3.63) is 34.8 Å². The van der Waals surface area contributed by atoms with Crippen LogP contribution >= 0.6 is 11.3 Å². The Bertz CT molecular complexity index is 801. The number of hydrogen-bond donors (Lipinski definition) is 1. The SMILES string of the molecule is Cc1cccc2sc(C3=CCNC(C)C3C(=O)OC(C)(C)C)nc12. The van der Waals surface area contributed by atoms with E-state index in [-0.39, 0.29) is 17.9 Å². The third-order valence-electron chi connectivity index (χ3n) is 4.13. The highest BCUT2D eigenvalue weighted by Crippen LogP contribution is 2.36. The van der Waals surface area contributed by atoms with Crippen LogP contribution in [0.15, 0.2) is 24.3 Å². The average molecular weight is 344 g/mol. The monoisotopic (exact) mass is 344 g/mol. The van der Waals surface area contributed by atoms with Gasteiger partial charge in [0.25, 0.3) is 0 Å². The van der Waals surface area contributed by atoms with Crippen molar-refractivity contribution in [2.24, 2.45) is 5.92 Å². The molecule has 0 fully saturated rings. The summed E-state index contributed by atoms with van der Waals surface area (Å²) in [5, 5.41) is 4.26. The molecule has 24 heavy (non-hydrogen) atoms. The van der Waals surface area contributed by atoms with Crippen LogP contribution in [0.2, 0.25) is 0 Å². The van der Waals surface area contributed by atoms with Gasteiger partial charge in [-0.05, 0) is 46.2 Å². The number of carbonyl (C=O) groups is 1. The molecule has 4 nitrogen and oxygen atoms in total. The molecule has 1 aliphatic rings. The van der Waals surface area contributed by atoms with E-state index in [1.165, 1.54) is 0 Å². The van der Waals surface area contributed by atoms with Gasteiger partial charge in [-0.25, -0.2) is 4.98 Å². The van der Waals surface area contributed by atoms with Crippen LogP contribution in [0.25, 0.3) is 15.8 Å². The van der Waals surface area contributed by atoms with Gasteiger partial charge in [-0.2, -0.15) is 0 Å². The van der Waals surface area contributed by atoms with Gasteiger partial charge in [-0.15, -0.1) is 11.3 Å². The molecule has 1 N–H and O–H groups in total. The summed E-state index contributed by atoms with van der Waals surface area (Å²) in [4.78, 5) is 17.6. The number of fused-ring (bicyclic) bond motifs is 1. The standard InChI is InChI=1S/C19H24N2O2S/c1-11-7-6-8-14-16(11)21-17(24-14)13-9-10-20-12(2)15(13)18(22)23-19(3,4)5/h6-9,12,15,20H,10H2,1-5H3. The lowest BCUT2D eigenvalue weighted by molar-refractivity contribution is -0.158. The van der Waals surface area contributed by atoms with Crippen LogP contribution in [0, 0.1) is 12.8 Å². The van der Waals surface area contributed by atoms with Crippen molar-refractivity contribution in [2.75, 3.05) is 6.54 Å². The van der Waals surface area contributed by atoms with Gasteiger partial charge in [0.2, 0.25) is 0 Å². The van der Waals surface area contributed by atoms with Gasteiger partial charge in [0, 0.05) is 18.2 Å². The second kappa shape index (κ2) is 6.30. The summed E-state index contributed by atoms with van der Waals surface area (Å²) in [5.74, 6) is -0.525. The van der Waals surface area contributed by atoms with Crippen LogP contribution in [0.3, 0.4) is 0 Å². The number of nitrogens with one attached hydrogen (secondary N) is 1. The van der Waals surface area contributed by atoms with Gasteiger partial charge in [0.1, 0.15) is 10.6 Å². The Kier molecular flexibility index (Phi) is 4.49. The Hall–Kier alpha value is -1.72. The molecule has 2 atom stereocenters. The molecule has 5 heteroatoms. The first-order valence-corrected chi connectivity index (χ1v) is 9.11. The van der Waals surface area contributed by atoms with Gasteiger partial charge >= 0.3 is 5.97 Å². The van der Waals surface area contributed by atoms with Crippen molar-refractivity contribution in [2.45, 2.75) is 46.3 Å². The molecule has 1 aromatic heterocycles. The molecule has 128 valence electrons. The van der Waals surface area contributed by atoms with Crippen LogP contribution in [0.1, 0.15) is 38.3 Å². The van der Waals surface area contributed by atoms with Crippen molar-refractivity contribution in [3.63, 3.8) is 0 Å². The first-order valence-electron chi connectivity index (χ1n) is 8.29. The van der Waals surface area contributed by atoms with Crippen LogP contribution in [-0.4, -0.2) is 29.1 Å². The maximum Gasteiger partial charge on any atom is 0.315 e. The molecule has 1 aliphatic heterocycles. The normalized spacial score (nSPS) is 21.6. The van der Waals surface area contributed by atoms with Gasteiger partial charge in [0.15, 0.2) is 0 Å². The molecule has 2 aromatic rings. The first-order chi connectivity index (χ1) is 11.3. The second-order valence-electron chi connectivity index (χ2n) is 7.31. The van der Waals surface area contributed by atoms with Gasteiger partial charge in [-0.3, -0.25) is 4.79 Å². The molecular formula is C19H24N2O2S. The maximum absolute atomic E-state index is 12.8. The number of benzene rings is 1. The van der Waals surface area contributed by atoms with Gasteiger partial charge in [0.05, 0.1) is 16.1 Å². The molecule has 0 amide bonds. The average Bonchev–Trinajstić information content (AvgIpc) is 2.90. The fourth-order valence-electron chi connectivity index (χ4n) is 3.00. The quantitative estimate of drug-likeness (QED) is 0.839. The number of aromatic nitrogens is 1. The van der Waals surface area contributed by atoms with E-state index < -0.39 is 5.60 Å². The number of esters is 1. The van der Waals surface area contributed by atoms with E-state index >= 15 is 0 Å². The molecule has 3 rings (SSSR count). The highest BCUT2D eigenvalue weighted by atomic mass is 32.1. The Morgan fingerprint density at radius 3 is 2.79 bits per heavy atom. The first kappa shape index (κ1) is 17.1. The van der Waals surface area contributed by atoms with E-state index in [1.54, 1.807) is 11.3 Å². The van der Waals surface area contributed by atoms with Crippen molar-refractivity contribution >= 4 is 33.1 Å². The summed E-state index contributed by atoms with van der Waals surface area (Å²) in [6, 6.07) is 6.21. The van der Waals surface area contributed by atoms with Crippen LogP contribution in [-0.2, 0) is 9.53 Å². The summed E-state index contributed by atoms with van der Waals surface area (Å²) in [7, 11) is 0. The van der Waals surface area contributed by atoms with Gasteiger partial charge < -0.3 is 10.1 Å². The number of hydrogen-bond acceptors (Lipinski definition) is 5. The van der Waals surface area contributed by atoms with Crippen LogP contribution in [0.5, 0.6) is 0 Å². The zero-order chi connectivity index (χ0) is 17.5. The minimum atomic E-state index is -0.496. The van der Waals surface area contributed by atoms with E-state index in [4.69, 9.17) is 9.72 Å². The smallest absolute Gasteiger partial charge is 0.315 e. The number of thiazole rings is 1. The zero-order valence-electron chi connectivity index (χ0n) is 14.8. The number of para-hydroxylation sites is 1. The Morgan fingerprint density at radius 1 is 1.38 bits per heavy atom. The summed E-state index contributed by atoms with van der Waals surface area (Å²) < 4.78 is 6.81. The lowest BCUT2D eigenvalue weighted by Gasteiger charge is -2.31. The van der Waals surface area contributed by atoms with Crippen LogP contribution < -0.4 is 5.32 Å². The third kappa shape index (κ3) is 3.37. The molecule has 0 spiro atoms. The number of rotatable bonds is 2. The topological polar surface area (TPSA) is 51.2 Å². The van der Waals surface area contributed by atoms with E-state index in [9.17, 15) is 4.79 Å². The van der Waals surface area contributed by atoms with E-state index in [0.29, 0.717) is 0 Å². The molecule has 0 radical (unpaired) electrons. The molecule has 0 saturated heterocycles. The van der Waals surface area contributed by atoms with Crippen molar-refractivity contribution < 1.29 is 9.53 Å². The van der Waals surface area contributed by atoms with Crippen molar-refractivity contribution in [1.29, 1.82) is 0 Å². The molecule has 2 unspecified atom stereocenters. The lowest BCUT2D eigenvalue weighted by atomic mass is 9.89. The minimum absolute atomic E-state index is 0.0213. The number of nitrogens with zero attached hydrogens (tertiary/aromatic N) is 1. The predicted octanol–water partition coefficient (Wildman–Crippen LogP) is 3.94. The lowest BCUT2D eigenvalue weighted by Crippen LogP contribution is -2.44. The summed E-state index contributed by atoms with van der Waals surface area (Å²) >= 11 is 1.64. The molecule has 0 saturated carbocycles. The minimum Gasteiger partial charge on any atom is -0.459 e. The Balaban J connectivity index is 2.00. The Labute approximate surface area is 146 Å². The number of carbonyl (C=O) groups excluding carboxylic acids is 1. The fraction of sp³-hybridized carbons (Fsp3) is 0.474. The van der Waals surface area contributed by atoms with Crippen LogP contribution in [0.4, 0.5) is 0 Å². The van der Waals surface area contributed by atoms with E-state index in [0.717, 1.165) is 32.9 Å². The van der Waals surface area contributed by atoms with Gasteiger partial charge in [-0.1, -0.05) is 18.2 Å². The summed E-state index contributed by atoms with van der Waals surface area (Å²) in [6.45, 7) is 10.5. The highest BCUT2D eigenvalue weighted by molar-refractivity contribution is 7.19. The van der Waals surface area contributed by atoms with E-state index in [2.05, 4.69) is 30.4 Å². The fourth-order valence-corrected chi connectivity index (χ4v) is 4.12. The predicted molar refractivity (Wildman–Crippen MR) is 99.1 cm³/mol. The van der Waals surface area contributed by atoms with Crippen molar-refractivity contribution in [3.8, 4) is 0 Å². The third-order valence-corrected chi connectivity index (χ3v) is 5.19. The number of aryl methyl sites for hydroxylation is 1. The molecule has 0 aliphatic carbocycles. The molecule has 2 heterocycles. The zero-order valence-corrected chi connectivity index (χ0v) is 15.7. The largest absolute Gasteiger partial charge is 0.459 e. The van der Waals surface area contributed by atoms with Crippen molar-refractivity contribution in [1.82, 2.24) is 10.3 Å². The molecule has 1 aromatic carbocycles. The maximum atomic E-state index is 12.8. The molecule has 0 bridgehead atoms.